The maximum atomic E-state index is 2.58. The van der Waals surface area contributed by atoms with E-state index in [2.05, 4.69) is 279 Å². The van der Waals surface area contributed by atoms with Crippen LogP contribution in [0.4, 0.5) is 17.1 Å². The second-order valence-corrected chi connectivity index (χ2v) is 19.9. The molecule has 0 amide bonds. The van der Waals surface area contributed by atoms with Crippen LogP contribution in [0.2, 0.25) is 0 Å². The highest BCUT2D eigenvalue weighted by Gasteiger charge is 2.50. The quantitative estimate of drug-likeness (QED) is 0.147. The minimum atomic E-state index is -0.570. The predicted molar refractivity (Wildman–Crippen MR) is 294 cm³/mol. The van der Waals surface area contributed by atoms with Gasteiger partial charge in [-0.25, -0.2) is 0 Å². The van der Waals surface area contributed by atoms with Gasteiger partial charge in [-0.1, -0.05) is 237 Å². The Labute approximate surface area is 417 Å². The van der Waals surface area contributed by atoms with Gasteiger partial charge in [0.05, 0.1) is 16.5 Å². The highest BCUT2D eigenvalue weighted by molar-refractivity contribution is 5.96. The van der Waals surface area contributed by atoms with E-state index in [1.807, 2.05) is 0 Å². The molecule has 10 aromatic rings. The average Bonchev–Trinajstić information content (AvgIpc) is 4.03. The van der Waals surface area contributed by atoms with Crippen LogP contribution in [0.1, 0.15) is 75.4 Å². The van der Waals surface area contributed by atoms with Crippen LogP contribution < -0.4 is 4.90 Å². The molecular formula is C70H51N. The Morgan fingerprint density at radius 2 is 0.789 bits per heavy atom. The van der Waals surface area contributed by atoms with Gasteiger partial charge in [-0.2, -0.15) is 0 Å². The van der Waals surface area contributed by atoms with Gasteiger partial charge in [-0.15, -0.1) is 0 Å². The van der Waals surface area contributed by atoms with Crippen LogP contribution in [0.25, 0.3) is 33.4 Å². The van der Waals surface area contributed by atoms with Crippen molar-refractivity contribution in [3.05, 3.63) is 328 Å². The van der Waals surface area contributed by atoms with Gasteiger partial charge in [0.15, 0.2) is 0 Å². The fraction of sp³-hybridized carbons (Fsp3) is 0.0857. The average molecular weight is 906 g/mol. The summed E-state index contributed by atoms with van der Waals surface area (Å²) in [4.78, 5) is 2.58. The maximum Gasteiger partial charge on any atom is 0.0730 e. The third-order valence-corrected chi connectivity index (χ3v) is 16.5. The Kier molecular flexibility index (Phi) is 9.35. The van der Waals surface area contributed by atoms with Crippen molar-refractivity contribution < 1.29 is 0 Å². The van der Waals surface area contributed by atoms with Crippen LogP contribution in [-0.2, 0) is 16.2 Å². The first kappa shape index (κ1) is 41.5. The Hall–Kier alpha value is -8.52. The summed E-state index contributed by atoms with van der Waals surface area (Å²) in [5, 5.41) is 0. The molecule has 0 saturated heterocycles. The molecule has 2 unspecified atom stereocenters. The zero-order valence-corrected chi connectivity index (χ0v) is 39.8. The van der Waals surface area contributed by atoms with Crippen molar-refractivity contribution in [3.8, 4) is 33.4 Å². The van der Waals surface area contributed by atoms with Crippen LogP contribution in [-0.4, -0.2) is 0 Å². The molecule has 0 spiro atoms. The summed E-state index contributed by atoms with van der Waals surface area (Å²) in [7, 11) is 0. The SMILES string of the molecule is CC1(c2ccccc2)c2ccccc2-c2ccc(N(c3ccc(C4(c5ccccc5)c5ccccc5-c5ccccc54)cc3)c3cccc4c3C(C3=CCCC=C3)(c3ccccc3)c3ccccc3-4)cc21. The van der Waals surface area contributed by atoms with Crippen molar-refractivity contribution in [1.29, 1.82) is 0 Å². The minimum Gasteiger partial charge on any atom is -0.310 e. The molecule has 71 heavy (non-hydrogen) atoms. The molecular weight excluding hydrogens is 855 g/mol. The second-order valence-electron chi connectivity index (χ2n) is 19.9. The van der Waals surface area contributed by atoms with E-state index in [4.69, 9.17) is 0 Å². The van der Waals surface area contributed by atoms with Gasteiger partial charge >= 0.3 is 0 Å². The summed E-state index contributed by atoms with van der Waals surface area (Å²) >= 11 is 0. The number of allylic oxidation sites excluding steroid dienone is 4. The summed E-state index contributed by atoms with van der Waals surface area (Å²) < 4.78 is 0. The van der Waals surface area contributed by atoms with E-state index in [1.54, 1.807) is 0 Å². The van der Waals surface area contributed by atoms with E-state index in [9.17, 15) is 0 Å². The lowest BCUT2D eigenvalue weighted by molar-refractivity contribution is 0.714. The van der Waals surface area contributed by atoms with Crippen molar-refractivity contribution >= 4 is 17.1 Å². The van der Waals surface area contributed by atoms with Crippen LogP contribution in [0.3, 0.4) is 0 Å². The van der Waals surface area contributed by atoms with Crippen LogP contribution >= 0.6 is 0 Å². The predicted octanol–water partition coefficient (Wildman–Crippen LogP) is 17.4. The number of fused-ring (bicyclic) bond motifs is 9. The first-order valence-electron chi connectivity index (χ1n) is 25.2. The molecule has 0 radical (unpaired) electrons. The molecule has 2 atom stereocenters. The van der Waals surface area contributed by atoms with Gasteiger partial charge in [-0.3, -0.25) is 0 Å². The van der Waals surface area contributed by atoms with Crippen molar-refractivity contribution in [3.63, 3.8) is 0 Å². The molecule has 4 aliphatic carbocycles. The lowest BCUT2D eigenvalue weighted by Crippen LogP contribution is -2.31. The van der Waals surface area contributed by atoms with Gasteiger partial charge in [-0.05, 0) is 139 Å². The van der Waals surface area contributed by atoms with E-state index in [0.717, 1.165) is 24.2 Å². The third-order valence-electron chi connectivity index (χ3n) is 16.5. The minimum absolute atomic E-state index is 0.371. The fourth-order valence-electron chi connectivity index (χ4n) is 13.6. The molecule has 10 aromatic carbocycles. The molecule has 0 fully saturated rings. The Balaban J connectivity index is 1.05. The monoisotopic (exact) mass is 905 g/mol. The Morgan fingerprint density at radius 3 is 1.38 bits per heavy atom. The fourth-order valence-corrected chi connectivity index (χ4v) is 13.6. The first-order valence-corrected chi connectivity index (χ1v) is 25.2. The van der Waals surface area contributed by atoms with Gasteiger partial charge < -0.3 is 4.90 Å². The summed E-state index contributed by atoms with van der Waals surface area (Å²) in [5.41, 5.74) is 24.0. The zero-order valence-electron chi connectivity index (χ0n) is 39.8. The molecule has 0 aliphatic heterocycles. The van der Waals surface area contributed by atoms with Crippen molar-refractivity contribution in [1.82, 2.24) is 0 Å². The number of nitrogens with zero attached hydrogens (tertiary/aromatic N) is 1. The van der Waals surface area contributed by atoms with E-state index in [1.165, 1.54) is 100 Å². The standard InChI is InChI=1S/C70H51N/c1-68(48-23-6-2-7-24-48)61-36-18-14-31-55(61)59-46-45-54(47-65(59)68)71(53-43-41-52(42-44-53)69(49-25-8-3-9-26-49)62-37-19-15-32-56(62)57-33-16-20-38-63(57)69)66-40-22-35-60-58-34-17-21-39-64(58)70(67(60)66,50-27-10-4-11-28-50)51-29-12-5-13-30-51/h2-4,6-12,14-47H,5,13H2,1H3. The molecule has 0 saturated carbocycles. The van der Waals surface area contributed by atoms with Crippen LogP contribution in [0.5, 0.6) is 0 Å². The third kappa shape index (κ3) is 5.75. The summed E-state index contributed by atoms with van der Waals surface area (Å²) in [6.07, 6.45) is 9.35. The smallest absolute Gasteiger partial charge is 0.0730 e. The highest BCUT2D eigenvalue weighted by Crippen LogP contribution is 2.62. The van der Waals surface area contributed by atoms with Crippen LogP contribution in [0.15, 0.2) is 273 Å². The zero-order chi connectivity index (χ0) is 47.2. The molecule has 4 aliphatic rings. The van der Waals surface area contributed by atoms with Crippen molar-refractivity contribution in [2.75, 3.05) is 4.90 Å². The summed E-state index contributed by atoms with van der Waals surface area (Å²) in [5.74, 6) is 0. The highest BCUT2D eigenvalue weighted by atomic mass is 15.1. The largest absolute Gasteiger partial charge is 0.310 e. The molecule has 336 valence electrons. The lowest BCUT2D eigenvalue weighted by Gasteiger charge is -2.39. The van der Waals surface area contributed by atoms with Gasteiger partial charge in [0.25, 0.3) is 0 Å². The number of hydrogen-bond donors (Lipinski definition) is 0. The molecule has 0 aromatic heterocycles. The van der Waals surface area contributed by atoms with E-state index in [0.29, 0.717) is 0 Å². The van der Waals surface area contributed by atoms with Gasteiger partial charge in [0, 0.05) is 22.4 Å². The molecule has 14 rings (SSSR count). The molecule has 0 N–H and O–H groups in total. The number of benzene rings is 10. The van der Waals surface area contributed by atoms with Crippen molar-refractivity contribution in [2.45, 2.75) is 36.0 Å². The lowest BCUT2D eigenvalue weighted by atomic mass is 9.65. The maximum absolute atomic E-state index is 2.58. The van der Waals surface area contributed by atoms with Gasteiger partial charge in [0.1, 0.15) is 0 Å². The normalized spacial score (nSPS) is 18.4. The number of anilines is 3. The Morgan fingerprint density at radius 1 is 0.338 bits per heavy atom. The van der Waals surface area contributed by atoms with Gasteiger partial charge in [0.2, 0.25) is 0 Å². The summed E-state index contributed by atoms with van der Waals surface area (Å²) in [6.45, 7) is 2.43. The second kappa shape index (κ2) is 16.0. The molecule has 0 heterocycles. The number of rotatable bonds is 8. The molecule has 0 bridgehead atoms. The summed E-state index contributed by atoms with van der Waals surface area (Å²) in [6, 6.07) is 93.7. The molecule has 1 heteroatoms. The first-order chi connectivity index (χ1) is 35.1. The van der Waals surface area contributed by atoms with E-state index >= 15 is 0 Å². The van der Waals surface area contributed by atoms with E-state index < -0.39 is 10.8 Å². The number of hydrogen-bond acceptors (Lipinski definition) is 1. The molecule has 1 nitrogen and oxygen atoms in total. The van der Waals surface area contributed by atoms with Crippen molar-refractivity contribution in [2.24, 2.45) is 0 Å². The van der Waals surface area contributed by atoms with Crippen LogP contribution in [0, 0.1) is 0 Å². The Bertz CT molecular complexity index is 3720. The topological polar surface area (TPSA) is 3.24 Å². The van der Waals surface area contributed by atoms with E-state index in [-0.39, 0.29) is 5.41 Å².